The van der Waals surface area contributed by atoms with E-state index in [0.717, 1.165) is 0 Å². The summed E-state index contributed by atoms with van der Waals surface area (Å²) in [7, 11) is -2.75. The molecule has 8 rings (SSSR count). The molecular weight excluding hydrogens is 547 g/mol. The van der Waals surface area contributed by atoms with E-state index in [-0.39, 0.29) is 6.04 Å². The Hall–Kier alpha value is -5.18. The van der Waals surface area contributed by atoms with Crippen molar-refractivity contribution in [3.05, 3.63) is 194 Å². The number of benzene rings is 6. The zero-order valence-electron chi connectivity index (χ0n) is 24.5. The number of hydrogen-bond acceptors (Lipinski definition) is 1. The van der Waals surface area contributed by atoms with E-state index in [1.807, 2.05) is 0 Å². The van der Waals surface area contributed by atoms with Gasteiger partial charge in [0.25, 0.3) is 0 Å². The number of para-hydroxylation sites is 1. The molecule has 0 radical (unpaired) electrons. The lowest BCUT2D eigenvalue weighted by Gasteiger charge is -2.35. The third-order valence-electron chi connectivity index (χ3n) is 9.34. The maximum absolute atomic E-state index is 2.75. The Morgan fingerprint density at radius 2 is 0.977 bits per heavy atom. The maximum Gasteiger partial charge on any atom is 0.179 e. The summed E-state index contributed by atoms with van der Waals surface area (Å²) in [5.74, 6) is 0.329. The number of fused-ring (bicyclic) bond motifs is 3. The highest BCUT2D eigenvalue weighted by Crippen LogP contribution is 2.47. The highest BCUT2D eigenvalue weighted by molar-refractivity contribution is 7.20. The second kappa shape index (κ2) is 11.1. The van der Waals surface area contributed by atoms with Crippen LogP contribution in [-0.4, -0.2) is 14.1 Å². The second-order valence-corrected chi connectivity index (χ2v) is 15.5. The maximum atomic E-state index is 2.55. The normalized spacial score (nSPS) is 16.9. The first kappa shape index (κ1) is 26.4. The van der Waals surface area contributed by atoms with Crippen molar-refractivity contribution in [3.63, 3.8) is 0 Å². The monoisotopic (exact) mass is 579 g/mol. The number of allylic oxidation sites excluding steroid dienone is 2. The van der Waals surface area contributed by atoms with Crippen molar-refractivity contribution in [2.75, 3.05) is 4.90 Å². The minimum atomic E-state index is -2.75. The molecule has 2 aliphatic rings. The van der Waals surface area contributed by atoms with Crippen LogP contribution in [0.4, 0.5) is 11.4 Å². The number of hydrogen-bond donors (Lipinski definition) is 0. The van der Waals surface area contributed by atoms with Crippen LogP contribution < -0.4 is 25.6 Å². The molecule has 44 heavy (non-hydrogen) atoms. The molecule has 0 amide bonds. The van der Waals surface area contributed by atoms with Gasteiger partial charge in [0, 0.05) is 17.3 Å². The SMILES string of the molecule is C1=CC2c3ccc([Si](c4ccccc4)(c4ccccc4)c4cccc(-c5ccccc5)c4)cc3N(c3ccccc3)C2C=C1. The van der Waals surface area contributed by atoms with E-state index >= 15 is 0 Å². The first-order chi connectivity index (χ1) is 21.8. The predicted molar refractivity (Wildman–Crippen MR) is 189 cm³/mol. The average molecular weight is 580 g/mol. The molecule has 0 fully saturated rings. The quantitative estimate of drug-likeness (QED) is 0.146. The Labute approximate surface area is 261 Å². The first-order valence-electron chi connectivity index (χ1n) is 15.4. The summed E-state index contributed by atoms with van der Waals surface area (Å²) in [4.78, 5) is 2.55. The fraction of sp³-hybridized carbons (Fsp3) is 0.0476. The van der Waals surface area contributed by atoms with Crippen molar-refractivity contribution in [2.24, 2.45) is 0 Å². The Balaban J connectivity index is 1.42. The van der Waals surface area contributed by atoms with E-state index < -0.39 is 8.07 Å². The fourth-order valence-electron chi connectivity index (χ4n) is 7.40. The van der Waals surface area contributed by atoms with Crippen LogP contribution in [0.5, 0.6) is 0 Å². The van der Waals surface area contributed by atoms with Gasteiger partial charge in [-0.1, -0.05) is 170 Å². The Bertz CT molecular complexity index is 1920. The molecule has 0 spiro atoms. The van der Waals surface area contributed by atoms with Crippen LogP contribution >= 0.6 is 0 Å². The molecule has 0 bridgehead atoms. The van der Waals surface area contributed by atoms with Crippen LogP contribution in [0.3, 0.4) is 0 Å². The van der Waals surface area contributed by atoms with Gasteiger partial charge in [0.15, 0.2) is 8.07 Å². The molecule has 1 aliphatic heterocycles. The largest absolute Gasteiger partial charge is 0.333 e. The molecule has 2 atom stereocenters. The van der Waals surface area contributed by atoms with Gasteiger partial charge in [-0.05, 0) is 55.6 Å². The minimum Gasteiger partial charge on any atom is -0.333 e. The lowest BCUT2D eigenvalue weighted by molar-refractivity contribution is 0.745. The summed E-state index contributed by atoms with van der Waals surface area (Å²) in [6, 6.07) is 61.1. The van der Waals surface area contributed by atoms with Crippen LogP contribution in [0.2, 0.25) is 0 Å². The van der Waals surface area contributed by atoms with E-state index in [1.54, 1.807) is 0 Å². The first-order valence-corrected chi connectivity index (χ1v) is 17.4. The Kier molecular flexibility index (Phi) is 6.70. The lowest BCUT2D eigenvalue weighted by Crippen LogP contribution is -2.74. The Morgan fingerprint density at radius 3 is 1.66 bits per heavy atom. The fourth-order valence-corrected chi connectivity index (χ4v) is 12.2. The average Bonchev–Trinajstić information content (AvgIpc) is 3.44. The van der Waals surface area contributed by atoms with Crippen molar-refractivity contribution < 1.29 is 0 Å². The molecule has 210 valence electrons. The van der Waals surface area contributed by atoms with Crippen molar-refractivity contribution in [2.45, 2.75) is 12.0 Å². The predicted octanol–water partition coefficient (Wildman–Crippen LogP) is 7.46. The molecule has 6 aromatic rings. The zero-order valence-corrected chi connectivity index (χ0v) is 25.5. The molecule has 0 N–H and O–H groups in total. The standard InChI is InChI=1S/C42H33NSi/c1-5-16-32(17-6-1)33-18-15-25-37(30-33)44(35-21-9-3-10-22-35,36-23-11-4-12-24-36)38-28-29-40-39-26-13-14-27-41(39)43(42(40)31-38)34-19-7-2-8-20-34/h1-31,39,41H. The van der Waals surface area contributed by atoms with E-state index in [1.165, 1.54) is 48.8 Å². The molecule has 0 saturated carbocycles. The molecule has 1 nitrogen and oxygen atoms in total. The van der Waals surface area contributed by atoms with Gasteiger partial charge in [0.1, 0.15) is 0 Å². The van der Waals surface area contributed by atoms with E-state index in [0.29, 0.717) is 5.92 Å². The third-order valence-corrected chi connectivity index (χ3v) is 14.1. The Morgan fingerprint density at radius 1 is 0.432 bits per heavy atom. The topological polar surface area (TPSA) is 3.24 Å². The summed E-state index contributed by atoms with van der Waals surface area (Å²) in [5.41, 5.74) is 6.43. The zero-order chi connectivity index (χ0) is 29.3. The number of nitrogens with zero attached hydrogens (tertiary/aromatic N) is 1. The van der Waals surface area contributed by atoms with E-state index in [4.69, 9.17) is 0 Å². The molecule has 2 unspecified atom stereocenters. The van der Waals surface area contributed by atoms with Crippen LogP contribution in [-0.2, 0) is 0 Å². The molecule has 2 heteroatoms. The smallest absolute Gasteiger partial charge is 0.179 e. The summed E-state index contributed by atoms with van der Waals surface area (Å²) in [6.07, 6.45) is 9.13. The van der Waals surface area contributed by atoms with Crippen molar-refractivity contribution in [3.8, 4) is 11.1 Å². The van der Waals surface area contributed by atoms with Crippen LogP contribution in [0.15, 0.2) is 188 Å². The summed E-state index contributed by atoms with van der Waals surface area (Å²) < 4.78 is 0. The van der Waals surface area contributed by atoms with Crippen molar-refractivity contribution in [1.29, 1.82) is 0 Å². The molecule has 6 aromatic carbocycles. The van der Waals surface area contributed by atoms with Gasteiger partial charge in [0.05, 0.1) is 6.04 Å². The number of anilines is 2. The van der Waals surface area contributed by atoms with Gasteiger partial charge < -0.3 is 4.90 Å². The van der Waals surface area contributed by atoms with Gasteiger partial charge in [-0.25, -0.2) is 0 Å². The molecular formula is C42H33NSi. The van der Waals surface area contributed by atoms with E-state index in [9.17, 15) is 0 Å². The van der Waals surface area contributed by atoms with Crippen LogP contribution in [0.25, 0.3) is 11.1 Å². The van der Waals surface area contributed by atoms with Crippen molar-refractivity contribution >= 4 is 40.2 Å². The molecule has 1 heterocycles. The summed E-state index contributed by atoms with van der Waals surface area (Å²) in [5, 5.41) is 5.56. The lowest BCUT2D eigenvalue weighted by atomic mass is 9.91. The van der Waals surface area contributed by atoms with Gasteiger partial charge >= 0.3 is 0 Å². The van der Waals surface area contributed by atoms with Crippen molar-refractivity contribution in [1.82, 2.24) is 0 Å². The number of rotatable bonds is 6. The molecule has 1 aliphatic carbocycles. The minimum absolute atomic E-state index is 0.263. The summed E-state index contributed by atoms with van der Waals surface area (Å²) >= 11 is 0. The molecule has 0 aromatic heterocycles. The van der Waals surface area contributed by atoms with Gasteiger partial charge in [-0.2, -0.15) is 0 Å². The highest BCUT2D eigenvalue weighted by atomic mass is 28.3. The van der Waals surface area contributed by atoms with Gasteiger partial charge in [-0.15, -0.1) is 0 Å². The van der Waals surface area contributed by atoms with Gasteiger partial charge in [-0.3, -0.25) is 0 Å². The molecule has 0 saturated heterocycles. The van der Waals surface area contributed by atoms with Crippen LogP contribution in [0, 0.1) is 0 Å². The van der Waals surface area contributed by atoms with Crippen LogP contribution in [0.1, 0.15) is 11.5 Å². The second-order valence-electron chi connectivity index (χ2n) is 11.7. The third kappa shape index (κ3) is 4.30. The summed E-state index contributed by atoms with van der Waals surface area (Å²) in [6.45, 7) is 0. The van der Waals surface area contributed by atoms with E-state index in [2.05, 4.69) is 193 Å². The van der Waals surface area contributed by atoms with Gasteiger partial charge in [0.2, 0.25) is 0 Å². The highest BCUT2D eigenvalue weighted by Gasteiger charge is 2.44.